The number of para-hydroxylation sites is 2. The van der Waals surface area contributed by atoms with Gasteiger partial charge >= 0.3 is 17.9 Å². The highest BCUT2D eigenvalue weighted by Crippen LogP contribution is 2.20. The molecule has 1 atom stereocenters. The SMILES string of the molecule is CC(=O)Oc1ccccc1CNC(CCC(N)=O)C(=O)OCc1ccccc1OC(C)=O. The van der Waals surface area contributed by atoms with Crippen LogP contribution in [0.5, 0.6) is 11.5 Å². The second-order valence-electron chi connectivity index (χ2n) is 6.95. The molecule has 0 aliphatic heterocycles. The second-order valence-corrected chi connectivity index (χ2v) is 6.95. The topological polar surface area (TPSA) is 134 Å². The highest BCUT2D eigenvalue weighted by molar-refractivity contribution is 5.78. The van der Waals surface area contributed by atoms with Crippen LogP contribution in [0.15, 0.2) is 48.5 Å². The minimum absolute atomic E-state index is 0.0254. The van der Waals surface area contributed by atoms with Crippen LogP contribution in [0.25, 0.3) is 0 Å². The van der Waals surface area contributed by atoms with E-state index in [4.69, 9.17) is 19.9 Å². The maximum atomic E-state index is 12.7. The lowest BCUT2D eigenvalue weighted by atomic mass is 10.1. The van der Waals surface area contributed by atoms with Gasteiger partial charge in [-0.25, -0.2) is 0 Å². The standard InChI is InChI=1S/C23H26N2O7/c1-15(26)31-20-9-5-3-7-17(20)13-25-19(11-12-22(24)28)23(29)30-14-18-8-4-6-10-21(18)32-16(2)27/h3-10,19,25H,11-14H2,1-2H3,(H2,24,28). The van der Waals surface area contributed by atoms with E-state index in [1.165, 1.54) is 13.8 Å². The van der Waals surface area contributed by atoms with Gasteiger partial charge in [0.25, 0.3) is 0 Å². The fraction of sp³-hybridized carbons (Fsp3) is 0.304. The fourth-order valence-corrected chi connectivity index (χ4v) is 2.85. The van der Waals surface area contributed by atoms with Crippen molar-refractivity contribution in [1.82, 2.24) is 5.32 Å². The highest BCUT2D eigenvalue weighted by atomic mass is 16.5. The highest BCUT2D eigenvalue weighted by Gasteiger charge is 2.22. The number of benzene rings is 2. The van der Waals surface area contributed by atoms with Crippen molar-refractivity contribution in [2.45, 2.75) is 45.9 Å². The molecule has 0 radical (unpaired) electrons. The summed E-state index contributed by atoms with van der Waals surface area (Å²) in [5, 5.41) is 3.03. The summed E-state index contributed by atoms with van der Waals surface area (Å²) in [7, 11) is 0. The lowest BCUT2D eigenvalue weighted by Gasteiger charge is -2.18. The lowest BCUT2D eigenvalue weighted by molar-refractivity contribution is -0.148. The average molecular weight is 442 g/mol. The van der Waals surface area contributed by atoms with Crippen LogP contribution in [0, 0.1) is 0 Å². The van der Waals surface area contributed by atoms with Crippen LogP contribution >= 0.6 is 0 Å². The molecule has 2 rings (SSSR count). The molecule has 3 N–H and O–H groups in total. The number of carbonyl (C=O) groups excluding carboxylic acids is 4. The van der Waals surface area contributed by atoms with Gasteiger partial charge in [-0.3, -0.25) is 19.2 Å². The fourth-order valence-electron chi connectivity index (χ4n) is 2.85. The summed E-state index contributed by atoms with van der Waals surface area (Å²) in [6.07, 6.45) is 0.0951. The molecule has 9 heteroatoms. The van der Waals surface area contributed by atoms with Crippen LogP contribution in [-0.2, 0) is 37.1 Å². The van der Waals surface area contributed by atoms with Crippen LogP contribution in [0.4, 0.5) is 0 Å². The Morgan fingerprint density at radius 2 is 1.41 bits per heavy atom. The summed E-state index contributed by atoms with van der Waals surface area (Å²) >= 11 is 0. The van der Waals surface area contributed by atoms with Crippen LogP contribution in [0.3, 0.4) is 0 Å². The number of nitrogens with two attached hydrogens (primary N) is 1. The number of esters is 3. The Hall–Kier alpha value is -3.72. The number of amides is 1. The third kappa shape index (κ3) is 8.19. The molecule has 0 bridgehead atoms. The number of ether oxygens (including phenoxy) is 3. The molecule has 170 valence electrons. The molecule has 0 aromatic heterocycles. The zero-order chi connectivity index (χ0) is 23.5. The van der Waals surface area contributed by atoms with Gasteiger partial charge in [-0.1, -0.05) is 36.4 Å². The van der Waals surface area contributed by atoms with Gasteiger partial charge in [-0.2, -0.15) is 0 Å². The summed E-state index contributed by atoms with van der Waals surface area (Å²) < 4.78 is 15.7. The van der Waals surface area contributed by atoms with E-state index in [-0.39, 0.29) is 26.0 Å². The number of primary amides is 1. The zero-order valence-corrected chi connectivity index (χ0v) is 18.0. The molecular weight excluding hydrogens is 416 g/mol. The molecule has 1 amide bonds. The number of hydrogen-bond donors (Lipinski definition) is 2. The Bertz CT molecular complexity index is 974. The number of rotatable bonds is 11. The number of nitrogens with one attached hydrogen (secondary N) is 1. The van der Waals surface area contributed by atoms with E-state index in [1.807, 2.05) is 0 Å². The Kier molecular flexibility index (Phi) is 9.37. The van der Waals surface area contributed by atoms with Gasteiger partial charge < -0.3 is 25.3 Å². The average Bonchev–Trinajstić information content (AvgIpc) is 2.73. The molecule has 9 nitrogen and oxygen atoms in total. The summed E-state index contributed by atoms with van der Waals surface area (Å²) in [5.41, 5.74) is 6.40. The molecule has 2 aromatic carbocycles. The predicted octanol–water partition coefficient (Wildman–Crippen LogP) is 2.00. The molecule has 2 aromatic rings. The van der Waals surface area contributed by atoms with Crippen LogP contribution in [0.2, 0.25) is 0 Å². The molecule has 0 fully saturated rings. The van der Waals surface area contributed by atoms with E-state index >= 15 is 0 Å². The normalized spacial score (nSPS) is 11.3. The van der Waals surface area contributed by atoms with Crippen molar-refractivity contribution >= 4 is 23.8 Å². The smallest absolute Gasteiger partial charge is 0.323 e. The van der Waals surface area contributed by atoms with E-state index in [0.717, 1.165) is 0 Å². The first-order chi connectivity index (χ1) is 15.3. The molecule has 1 unspecified atom stereocenters. The van der Waals surface area contributed by atoms with Gasteiger partial charge in [0.2, 0.25) is 5.91 Å². The minimum atomic E-state index is -0.839. The molecule has 32 heavy (non-hydrogen) atoms. The van der Waals surface area contributed by atoms with E-state index in [1.54, 1.807) is 48.5 Å². The van der Waals surface area contributed by atoms with Gasteiger partial charge in [0.05, 0.1) is 0 Å². The summed E-state index contributed by atoms with van der Waals surface area (Å²) in [6.45, 7) is 2.64. The summed E-state index contributed by atoms with van der Waals surface area (Å²) in [5.74, 6) is -1.45. The van der Waals surface area contributed by atoms with Crippen LogP contribution < -0.4 is 20.5 Å². The molecule has 0 spiro atoms. The number of hydrogen-bond acceptors (Lipinski definition) is 8. The summed E-state index contributed by atoms with van der Waals surface area (Å²) in [6, 6.07) is 12.7. The first-order valence-corrected chi connectivity index (χ1v) is 9.97. The molecule has 0 saturated carbocycles. The van der Waals surface area contributed by atoms with Crippen molar-refractivity contribution in [3.8, 4) is 11.5 Å². The Morgan fingerprint density at radius 1 is 0.875 bits per heavy atom. The predicted molar refractivity (Wildman–Crippen MR) is 114 cm³/mol. The zero-order valence-electron chi connectivity index (χ0n) is 18.0. The molecular formula is C23H26N2O7. The van der Waals surface area contributed by atoms with Gasteiger partial charge in [0.15, 0.2) is 0 Å². The van der Waals surface area contributed by atoms with Crippen LogP contribution in [-0.4, -0.2) is 29.9 Å². The lowest BCUT2D eigenvalue weighted by Crippen LogP contribution is -2.38. The van der Waals surface area contributed by atoms with Crippen molar-refractivity contribution in [3.63, 3.8) is 0 Å². The molecule has 0 saturated heterocycles. The molecule has 0 aliphatic rings. The van der Waals surface area contributed by atoms with Crippen molar-refractivity contribution in [2.75, 3.05) is 0 Å². The van der Waals surface area contributed by atoms with Crippen molar-refractivity contribution in [2.24, 2.45) is 5.73 Å². The van der Waals surface area contributed by atoms with Gasteiger partial charge in [0.1, 0.15) is 24.1 Å². The van der Waals surface area contributed by atoms with E-state index in [2.05, 4.69) is 5.32 Å². The third-order valence-electron chi connectivity index (χ3n) is 4.33. The van der Waals surface area contributed by atoms with Crippen molar-refractivity contribution < 1.29 is 33.4 Å². The maximum absolute atomic E-state index is 12.7. The number of carbonyl (C=O) groups is 4. The Balaban J connectivity index is 2.07. The Morgan fingerprint density at radius 3 is 1.97 bits per heavy atom. The first kappa shape index (κ1) is 24.5. The van der Waals surface area contributed by atoms with Gasteiger partial charge in [-0.15, -0.1) is 0 Å². The minimum Gasteiger partial charge on any atom is -0.460 e. The van der Waals surface area contributed by atoms with Crippen molar-refractivity contribution in [1.29, 1.82) is 0 Å². The maximum Gasteiger partial charge on any atom is 0.323 e. The van der Waals surface area contributed by atoms with Crippen molar-refractivity contribution in [3.05, 3.63) is 59.7 Å². The Labute approximate surface area is 185 Å². The van der Waals surface area contributed by atoms with Gasteiger partial charge in [0, 0.05) is 37.9 Å². The van der Waals surface area contributed by atoms with E-state index in [0.29, 0.717) is 22.6 Å². The summed E-state index contributed by atoms with van der Waals surface area (Å²) in [4.78, 5) is 46.5. The van der Waals surface area contributed by atoms with Crippen LogP contribution in [0.1, 0.15) is 37.8 Å². The molecule has 0 aliphatic carbocycles. The second kappa shape index (κ2) is 12.2. The monoisotopic (exact) mass is 442 g/mol. The van der Waals surface area contributed by atoms with E-state index < -0.39 is 29.9 Å². The largest absolute Gasteiger partial charge is 0.460 e. The van der Waals surface area contributed by atoms with E-state index in [9.17, 15) is 19.2 Å². The van der Waals surface area contributed by atoms with Gasteiger partial charge in [-0.05, 0) is 18.6 Å². The molecule has 0 heterocycles. The quantitative estimate of drug-likeness (QED) is 0.399. The third-order valence-corrected chi connectivity index (χ3v) is 4.33. The first-order valence-electron chi connectivity index (χ1n) is 9.97.